The van der Waals surface area contributed by atoms with E-state index in [1.807, 2.05) is 13.8 Å². The standard InChI is InChI=1S/C12H15NO3.Na.H/c1-9(2)8-12(13-16,11(14)15)10-6-4-3-5-7-10;;/h3-7,9H,8H2,1-2H3,(H,14,15);;. The second-order valence-electron chi connectivity index (χ2n) is 4.22. The number of carboxylic acids is 1. The van der Waals surface area contributed by atoms with Crippen LogP contribution in [0.3, 0.4) is 0 Å². The zero-order valence-electron chi connectivity index (χ0n) is 9.38. The fourth-order valence-corrected chi connectivity index (χ4v) is 1.76. The SMILES string of the molecule is CC(C)CC(N=O)(C(=O)O)c1ccccc1.[NaH]. The van der Waals surface area contributed by atoms with Crippen LogP contribution in [0.4, 0.5) is 0 Å². The van der Waals surface area contributed by atoms with Crippen molar-refractivity contribution in [2.24, 2.45) is 11.1 Å². The molecule has 0 bridgehead atoms. The fourth-order valence-electron chi connectivity index (χ4n) is 1.76. The fraction of sp³-hybridized carbons (Fsp3) is 0.417. The monoisotopic (exact) mass is 245 g/mol. The van der Waals surface area contributed by atoms with Gasteiger partial charge in [0.15, 0.2) is 0 Å². The van der Waals surface area contributed by atoms with E-state index in [-0.39, 0.29) is 41.9 Å². The van der Waals surface area contributed by atoms with Gasteiger partial charge in [-0.2, -0.15) is 0 Å². The van der Waals surface area contributed by atoms with Crippen molar-refractivity contribution in [3.05, 3.63) is 40.8 Å². The van der Waals surface area contributed by atoms with Gasteiger partial charge in [-0.15, -0.1) is 4.91 Å². The van der Waals surface area contributed by atoms with Crippen molar-refractivity contribution in [1.29, 1.82) is 0 Å². The summed E-state index contributed by atoms with van der Waals surface area (Å²) in [6, 6.07) is 8.43. The molecule has 0 spiro atoms. The van der Waals surface area contributed by atoms with Gasteiger partial charge in [0.1, 0.15) is 0 Å². The molecule has 4 nitrogen and oxygen atoms in total. The molecule has 0 aliphatic rings. The Labute approximate surface area is 123 Å². The first-order valence-electron chi connectivity index (χ1n) is 5.16. The minimum absolute atomic E-state index is 0. The van der Waals surface area contributed by atoms with E-state index in [1.54, 1.807) is 30.3 Å². The van der Waals surface area contributed by atoms with Gasteiger partial charge in [0.2, 0.25) is 5.54 Å². The molecule has 0 amide bonds. The van der Waals surface area contributed by atoms with Crippen molar-refractivity contribution in [2.75, 3.05) is 0 Å². The van der Waals surface area contributed by atoms with Crippen LogP contribution in [0.15, 0.2) is 35.5 Å². The molecule has 1 aromatic carbocycles. The number of hydrogen-bond donors (Lipinski definition) is 1. The maximum absolute atomic E-state index is 11.3. The molecular formula is C12H16NNaO3. The third-order valence-corrected chi connectivity index (χ3v) is 2.46. The molecule has 0 saturated heterocycles. The third kappa shape index (κ3) is 3.63. The van der Waals surface area contributed by atoms with Crippen LogP contribution < -0.4 is 0 Å². The summed E-state index contributed by atoms with van der Waals surface area (Å²) in [6.45, 7) is 3.73. The summed E-state index contributed by atoms with van der Waals surface area (Å²) in [7, 11) is 0. The molecule has 0 aromatic heterocycles. The van der Waals surface area contributed by atoms with Gasteiger partial charge in [0, 0.05) is 0 Å². The molecule has 1 aromatic rings. The molecule has 1 atom stereocenters. The summed E-state index contributed by atoms with van der Waals surface area (Å²) in [5.41, 5.74) is -1.22. The molecule has 0 aliphatic carbocycles. The predicted molar refractivity (Wildman–Crippen MR) is 68.2 cm³/mol. The first kappa shape index (κ1) is 16.3. The molecule has 1 rings (SSSR count). The minimum atomic E-state index is -1.66. The van der Waals surface area contributed by atoms with Crippen molar-refractivity contribution in [1.82, 2.24) is 0 Å². The molecule has 17 heavy (non-hydrogen) atoms. The molecule has 1 N–H and O–H groups in total. The molecule has 1 unspecified atom stereocenters. The van der Waals surface area contributed by atoms with Gasteiger partial charge in [0.05, 0.1) is 0 Å². The Morgan fingerprint density at radius 2 is 1.88 bits per heavy atom. The van der Waals surface area contributed by atoms with Crippen LogP contribution in [-0.4, -0.2) is 40.6 Å². The first-order valence-corrected chi connectivity index (χ1v) is 5.16. The Hall–Kier alpha value is -0.710. The summed E-state index contributed by atoms with van der Waals surface area (Å²) in [5, 5.41) is 12.1. The van der Waals surface area contributed by atoms with Crippen molar-refractivity contribution in [3.63, 3.8) is 0 Å². The number of aliphatic carboxylic acids is 1. The van der Waals surface area contributed by atoms with E-state index in [1.165, 1.54) is 0 Å². The van der Waals surface area contributed by atoms with Gasteiger partial charge < -0.3 is 5.11 Å². The van der Waals surface area contributed by atoms with Crippen LogP contribution in [-0.2, 0) is 10.3 Å². The Bertz CT molecular complexity index is 381. The second kappa shape index (κ2) is 6.89. The number of benzene rings is 1. The third-order valence-electron chi connectivity index (χ3n) is 2.46. The van der Waals surface area contributed by atoms with Gasteiger partial charge in [-0.05, 0) is 23.1 Å². The Morgan fingerprint density at radius 3 is 2.24 bits per heavy atom. The van der Waals surface area contributed by atoms with Crippen molar-refractivity contribution in [3.8, 4) is 0 Å². The van der Waals surface area contributed by atoms with Crippen LogP contribution in [0.1, 0.15) is 25.8 Å². The maximum atomic E-state index is 11.3. The zero-order chi connectivity index (χ0) is 12.2. The molecule has 0 heterocycles. The number of nitroso groups, excluding NO2 is 1. The van der Waals surface area contributed by atoms with E-state index in [4.69, 9.17) is 0 Å². The van der Waals surface area contributed by atoms with Gasteiger partial charge >= 0.3 is 35.5 Å². The van der Waals surface area contributed by atoms with Crippen LogP contribution in [0.2, 0.25) is 0 Å². The van der Waals surface area contributed by atoms with E-state index < -0.39 is 11.5 Å². The number of carbonyl (C=O) groups is 1. The van der Waals surface area contributed by atoms with Crippen LogP contribution in [0.25, 0.3) is 0 Å². The first-order chi connectivity index (χ1) is 7.53. The number of rotatable bonds is 5. The van der Waals surface area contributed by atoms with E-state index in [0.29, 0.717) is 5.56 Å². The molecule has 0 radical (unpaired) electrons. The molecule has 0 aliphatic heterocycles. The van der Waals surface area contributed by atoms with E-state index in [2.05, 4.69) is 5.18 Å². The van der Waals surface area contributed by atoms with E-state index in [9.17, 15) is 14.8 Å². The van der Waals surface area contributed by atoms with Gasteiger partial charge in [-0.25, -0.2) is 4.79 Å². The quantitative estimate of drug-likeness (QED) is 0.638. The van der Waals surface area contributed by atoms with Crippen LogP contribution in [0, 0.1) is 10.8 Å². The summed E-state index contributed by atoms with van der Waals surface area (Å²) < 4.78 is 0. The Kier molecular flexibility index (Phi) is 6.60. The molecule has 5 heteroatoms. The van der Waals surface area contributed by atoms with Gasteiger partial charge in [-0.3, -0.25) is 0 Å². The summed E-state index contributed by atoms with van der Waals surface area (Å²) in [5.74, 6) is -1.11. The van der Waals surface area contributed by atoms with E-state index in [0.717, 1.165) is 0 Å². The number of carboxylic acid groups (broad SMARTS) is 1. The molecule has 88 valence electrons. The summed E-state index contributed by atoms with van der Waals surface area (Å²) in [4.78, 5) is 22.3. The second-order valence-corrected chi connectivity index (χ2v) is 4.22. The summed E-state index contributed by atoms with van der Waals surface area (Å²) in [6.07, 6.45) is 0.204. The number of nitrogens with zero attached hydrogens (tertiary/aromatic N) is 1. The van der Waals surface area contributed by atoms with Crippen molar-refractivity contribution < 1.29 is 9.90 Å². The summed E-state index contributed by atoms with van der Waals surface area (Å²) >= 11 is 0. The van der Waals surface area contributed by atoms with E-state index >= 15 is 0 Å². The topological polar surface area (TPSA) is 66.7 Å². The van der Waals surface area contributed by atoms with Crippen LogP contribution >= 0.6 is 0 Å². The molecular weight excluding hydrogens is 229 g/mol. The van der Waals surface area contributed by atoms with Crippen molar-refractivity contribution >= 4 is 35.5 Å². The molecule has 0 fully saturated rings. The average molecular weight is 245 g/mol. The normalized spacial score (nSPS) is 13.6. The predicted octanol–water partition coefficient (Wildman–Crippen LogP) is 2.13. The molecule has 0 saturated carbocycles. The number of hydrogen-bond acceptors (Lipinski definition) is 3. The van der Waals surface area contributed by atoms with Gasteiger partial charge in [0.25, 0.3) is 0 Å². The van der Waals surface area contributed by atoms with Crippen LogP contribution in [0.5, 0.6) is 0 Å². The van der Waals surface area contributed by atoms with Gasteiger partial charge in [-0.1, -0.05) is 44.2 Å². The zero-order valence-corrected chi connectivity index (χ0v) is 9.38. The Balaban J connectivity index is 0.00000256. The average Bonchev–Trinajstić information content (AvgIpc) is 2.26. The van der Waals surface area contributed by atoms with Crippen molar-refractivity contribution in [2.45, 2.75) is 25.8 Å². The Morgan fingerprint density at radius 1 is 1.35 bits per heavy atom.